The minimum absolute atomic E-state index is 0.0600. The summed E-state index contributed by atoms with van der Waals surface area (Å²) in [6, 6.07) is 10.0. The molecule has 1 aliphatic heterocycles. The zero-order valence-electron chi connectivity index (χ0n) is 14.8. The zero-order valence-corrected chi connectivity index (χ0v) is 14.8. The Kier molecular flexibility index (Phi) is 4.97. The van der Waals surface area contributed by atoms with E-state index in [1.807, 2.05) is 13.0 Å². The fraction of sp³-hybridized carbons (Fsp3) is 0.263. The number of carbonyl (C=O) groups is 2. The van der Waals surface area contributed by atoms with Crippen LogP contribution in [-0.4, -0.2) is 32.6 Å². The van der Waals surface area contributed by atoms with Crippen molar-refractivity contribution in [3.8, 4) is 17.2 Å². The van der Waals surface area contributed by atoms with E-state index >= 15 is 0 Å². The van der Waals surface area contributed by atoms with Gasteiger partial charge in [-0.25, -0.2) is 0 Å². The number of ether oxygens (including phenoxy) is 3. The van der Waals surface area contributed by atoms with Gasteiger partial charge in [0.1, 0.15) is 17.2 Å². The summed E-state index contributed by atoms with van der Waals surface area (Å²) in [5, 5.41) is 5.63. The summed E-state index contributed by atoms with van der Waals surface area (Å²) in [6.07, 6.45) is 0. The van der Waals surface area contributed by atoms with Crippen molar-refractivity contribution in [3.05, 3.63) is 47.5 Å². The second-order valence-corrected chi connectivity index (χ2v) is 5.85. The van der Waals surface area contributed by atoms with Crippen LogP contribution in [0.4, 0.5) is 5.69 Å². The van der Waals surface area contributed by atoms with E-state index in [4.69, 9.17) is 14.2 Å². The van der Waals surface area contributed by atoms with Gasteiger partial charge in [-0.3, -0.25) is 9.59 Å². The molecule has 2 amide bonds. The number of amides is 2. The molecule has 2 aromatic carbocycles. The average molecular weight is 356 g/mol. The predicted molar refractivity (Wildman–Crippen MR) is 96.0 cm³/mol. The van der Waals surface area contributed by atoms with Crippen LogP contribution >= 0.6 is 0 Å². The molecular formula is C19H20N2O5. The summed E-state index contributed by atoms with van der Waals surface area (Å²) in [7, 11) is 3.16. The first-order valence-electron chi connectivity index (χ1n) is 8.11. The fourth-order valence-corrected chi connectivity index (χ4v) is 2.75. The van der Waals surface area contributed by atoms with E-state index in [0.29, 0.717) is 28.5 Å². The first-order chi connectivity index (χ1) is 12.5. The molecule has 1 atom stereocenters. The van der Waals surface area contributed by atoms with Gasteiger partial charge >= 0.3 is 0 Å². The van der Waals surface area contributed by atoms with E-state index in [9.17, 15) is 9.59 Å². The first kappa shape index (κ1) is 17.6. The first-order valence-corrected chi connectivity index (χ1v) is 8.11. The third-order valence-corrected chi connectivity index (χ3v) is 4.13. The number of carbonyl (C=O) groups excluding carboxylic acids is 2. The Morgan fingerprint density at radius 3 is 2.73 bits per heavy atom. The lowest BCUT2D eigenvalue weighted by Crippen LogP contribution is -2.28. The van der Waals surface area contributed by atoms with E-state index in [1.165, 1.54) is 0 Å². The molecule has 7 nitrogen and oxygen atoms in total. The minimum atomic E-state index is -0.302. The maximum Gasteiger partial charge on any atom is 0.262 e. The van der Waals surface area contributed by atoms with Gasteiger partial charge in [0.2, 0.25) is 0 Å². The number of nitrogens with one attached hydrogen (secondary N) is 2. The Morgan fingerprint density at radius 2 is 2.00 bits per heavy atom. The molecule has 0 unspecified atom stereocenters. The molecule has 3 rings (SSSR count). The van der Waals surface area contributed by atoms with Crippen molar-refractivity contribution < 1.29 is 23.8 Å². The Hall–Kier alpha value is -3.22. The summed E-state index contributed by atoms with van der Waals surface area (Å²) in [4.78, 5) is 23.9. The molecular weight excluding hydrogens is 336 g/mol. The van der Waals surface area contributed by atoms with Gasteiger partial charge in [-0.1, -0.05) is 0 Å². The molecule has 0 saturated carbocycles. The SMILES string of the molecule is COc1ccc(OC)c([C@H](C)NC(=O)c2ccc3c(c2)OCC(=O)N3)c1. The van der Waals surface area contributed by atoms with Gasteiger partial charge in [0.15, 0.2) is 6.61 Å². The average Bonchev–Trinajstić information content (AvgIpc) is 2.66. The van der Waals surface area contributed by atoms with Crippen LogP contribution in [0.3, 0.4) is 0 Å². The van der Waals surface area contributed by atoms with Crippen molar-refractivity contribution in [2.75, 3.05) is 26.1 Å². The smallest absolute Gasteiger partial charge is 0.262 e. The summed E-state index contributed by atoms with van der Waals surface area (Å²) in [5.41, 5.74) is 1.80. The molecule has 2 aromatic rings. The van der Waals surface area contributed by atoms with Crippen LogP contribution < -0.4 is 24.8 Å². The van der Waals surface area contributed by atoms with E-state index in [0.717, 1.165) is 5.56 Å². The van der Waals surface area contributed by atoms with E-state index < -0.39 is 0 Å². The Bertz CT molecular complexity index is 850. The van der Waals surface area contributed by atoms with Crippen LogP contribution in [0.5, 0.6) is 17.2 Å². The van der Waals surface area contributed by atoms with Crippen LogP contribution in [0.25, 0.3) is 0 Å². The van der Waals surface area contributed by atoms with Crippen molar-refractivity contribution in [3.63, 3.8) is 0 Å². The van der Waals surface area contributed by atoms with Gasteiger partial charge in [0, 0.05) is 11.1 Å². The Balaban J connectivity index is 1.79. The van der Waals surface area contributed by atoms with Gasteiger partial charge in [-0.05, 0) is 43.3 Å². The maximum absolute atomic E-state index is 12.6. The predicted octanol–water partition coefficient (Wildman–Crippen LogP) is 2.53. The van der Waals surface area contributed by atoms with Crippen LogP contribution in [0.1, 0.15) is 28.9 Å². The third kappa shape index (κ3) is 3.56. The Labute approximate surface area is 151 Å². The normalized spacial score (nSPS) is 13.7. The van der Waals surface area contributed by atoms with Crippen molar-refractivity contribution >= 4 is 17.5 Å². The molecule has 0 aromatic heterocycles. The highest BCUT2D eigenvalue weighted by Gasteiger charge is 2.20. The molecule has 26 heavy (non-hydrogen) atoms. The molecule has 0 bridgehead atoms. The molecule has 0 spiro atoms. The van der Waals surface area contributed by atoms with Gasteiger partial charge in [-0.2, -0.15) is 0 Å². The van der Waals surface area contributed by atoms with E-state index in [-0.39, 0.29) is 24.5 Å². The zero-order chi connectivity index (χ0) is 18.7. The quantitative estimate of drug-likeness (QED) is 0.860. The van der Waals surface area contributed by atoms with E-state index in [2.05, 4.69) is 10.6 Å². The van der Waals surface area contributed by atoms with Crippen LogP contribution in [0.2, 0.25) is 0 Å². The molecule has 2 N–H and O–H groups in total. The van der Waals surface area contributed by atoms with Crippen molar-refractivity contribution in [1.29, 1.82) is 0 Å². The highest BCUT2D eigenvalue weighted by Crippen LogP contribution is 2.31. The maximum atomic E-state index is 12.6. The lowest BCUT2D eigenvalue weighted by atomic mass is 10.1. The van der Waals surface area contributed by atoms with Crippen molar-refractivity contribution in [2.24, 2.45) is 0 Å². The molecule has 0 radical (unpaired) electrons. The second kappa shape index (κ2) is 7.35. The second-order valence-electron chi connectivity index (χ2n) is 5.85. The molecule has 0 aliphatic carbocycles. The third-order valence-electron chi connectivity index (χ3n) is 4.13. The monoisotopic (exact) mass is 356 g/mol. The standard InChI is InChI=1S/C19H20N2O5/c1-11(14-9-13(24-2)5-7-16(14)25-3)20-19(23)12-4-6-15-17(8-12)26-10-18(22)21-15/h4-9,11H,10H2,1-3H3,(H,20,23)(H,21,22)/t11-/m0/s1. The van der Waals surface area contributed by atoms with Crippen molar-refractivity contribution in [1.82, 2.24) is 5.32 Å². The number of benzene rings is 2. The van der Waals surface area contributed by atoms with Crippen LogP contribution in [0, 0.1) is 0 Å². The van der Waals surface area contributed by atoms with Gasteiger partial charge in [-0.15, -0.1) is 0 Å². The Morgan fingerprint density at radius 1 is 1.19 bits per heavy atom. The fourth-order valence-electron chi connectivity index (χ4n) is 2.75. The number of hydrogen-bond acceptors (Lipinski definition) is 5. The molecule has 1 aliphatic rings. The topological polar surface area (TPSA) is 85.9 Å². The number of methoxy groups -OCH3 is 2. The number of anilines is 1. The number of hydrogen-bond donors (Lipinski definition) is 2. The molecule has 136 valence electrons. The number of fused-ring (bicyclic) bond motifs is 1. The molecule has 0 fully saturated rings. The molecule has 7 heteroatoms. The lowest BCUT2D eigenvalue weighted by molar-refractivity contribution is -0.118. The van der Waals surface area contributed by atoms with Gasteiger partial charge < -0.3 is 24.8 Å². The van der Waals surface area contributed by atoms with Gasteiger partial charge in [0.25, 0.3) is 11.8 Å². The van der Waals surface area contributed by atoms with Gasteiger partial charge in [0.05, 0.1) is 25.9 Å². The summed E-state index contributed by atoms with van der Waals surface area (Å²) >= 11 is 0. The molecule has 1 heterocycles. The summed E-state index contributed by atoms with van der Waals surface area (Å²) < 4.78 is 16.0. The highest BCUT2D eigenvalue weighted by molar-refractivity contribution is 5.99. The number of rotatable bonds is 5. The molecule has 0 saturated heterocycles. The largest absolute Gasteiger partial charge is 0.497 e. The minimum Gasteiger partial charge on any atom is -0.497 e. The van der Waals surface area contributed by atoms with Crippen molar-refractivity contribution in [2.45, 2.75) is 13.0 Å². The lowest BCUT2D eigenvalue weighted by Gasteiger charge is -2.20. The summed E-state index contributed by atoms with van der Waals surface area (Å²) in [6.45, 7) is 1.81. The van der Waals surface area contributed by atoms with E-state index in [1.54, 1.807) is 44.6 Å². The summed E-state index contributed by atoms with van der Waals surface area (Å²) in [5.74, 6) is 1.35. The highest BCUT2D eigenvalue weighted by atomic mass is 16.5. The van der Waals surface area contributed by atoms with Crippen LogP contribution in [-0.2, 0) is 4.79 Å². The van der Waals surface area contributed by atoms with Crippen LogP contribution in [0.15, 0.2) is 36.4 Å².